The number of halogens is 2. The minimum atomic E-state index is -0.371. The van der Waals surface area contributed by atoms with Crippen LogP contribution in [-0.2, 0) is 0 Å². The lowest BCUT2D eigenvalue weighted by Gasteiger charge is -2.05. The first-order valence-corrected chi connectivity index (χ1v) is 10.1. The SMILES string of the molecule is On1c(-c2ccc(F)cc2)cnc1SSc1ncc(-c2ccc(F)cc2)n1O. The van der Waals surface area contributed by atoms with E-state index >= 15 is 0 Å². The fraction of sp³-hybridized carbons (Fsp3) is 0. The number of hydrogen-bond donors (Lipinski definition) is 2. The molecule has 0 atom stereocenters. The van der Waals surface area contributed by atoms with Crippen LogP contribution in [0.25, 0.3) is 22.5 Å². The zero-order chi connectivity index (χ0) is 19.7. The van der Waals surface area contributed by atoms with E-state index in [9.17, 15) is 19.2 Å². The van der Waals surface area contributed by atoms with E-state index in [4.69, 9.17) is 0 Å². The number of nitrogens with zero attached hydrogens (tertiary/aromatic N) is 4. The fourth-order valence-electron chi connectivity index (χ4n) is 2.48. The van der Waals surface area contributed by atoms with Crippen LogP contribution in [0.1, 0.15) is 0 Å². The molecule has 0 aliphatic heterocycles. The molecule has 142 valence electrons. The van der Waals surface area contributed by atoms with Crippen molar-refractivity contribution < 1.29 is 19.2 Å². The zero-order valence-corrected chi connectivity index (χ0v) is 15.7. The number of rotatable bonds is 5. The lowest BCUT2D eigenvalue weighted by atomic mass is 10.2. The molecule has 0 saturated heterocycles. The Morgan fingerprint density at radius 3 is 1.36 bits per heavy atom. The van der Waals surface area contributed by atoms with Gasteiger partial charge in [-0.05, 0) is 70.1 Å². The lowest BCUT2D eigenvalue weighted by molar-refractivity contribution is 0.164. The second-order valence-corrected chi connectivity index (χ2v) is 7.72. The Hall–Kier alpha value is -2.98. The second kappa shape index (κ2) is 7.56. The molecule has 2 aromatic heterocycles. The molecule has 2 N–H and O–H groups in total. The van der Waals surface area contributed by atoms with Crippen molar-refractivity contribution in [2.45, 2.75) is 10.3 Å². The van der Waals surface area contributed by atoms with Crippen molar-refractivity contribution in [3.63, 3.8) is 0 Å². The molecule has 0 unspecified atom stereocenters. The van der Waals surface area contributed by atoms with Gasteiger partial charge in [0.05, 0.1) is 12.4 Å². The van der Waals surface area contributed by atoms with E-state index in [1.807, 2.05) is 0 Å². The molecule has 0 radical (unpaired) electrons. The maximum Gasteiger partial charge on any atom is 0.214 e. The predicted octanol–water partition coefficient (Wildman–Crippen LogP) is 4.97. The molecule has 0 spiro atoms. The van der Waals surface area contributed by atoms with Gasteiger partial charge in [-0.3, -0.25) is 0 Å². The highest BCUT2D eigenvalue weighted by atomic mass is 33.1. The van der Waals surface area contributed by atoms with Gasteiger partial charge in [-0.15, -0.1) is 0 Å². The lowest BCUT2D eigenvalue weighted by Crippen LogP contribution is -1.96. The number of imidazole rings is 2. The van der Waals surface area contributed by atoms with Gasteiger partial charge < -0.3 is 10.4 Å². The summed E-state index contributed by atoms with van der Waals surface area (Å²) in [5, 5.41) is 21.1. The largest absolute Gasteiger partial charge is 0.426 e. The average molecular weight is 418 g/mol. The smallest absolute Gasteiger partial charge is 0.214 e. The van der Waals surface area contributed by atoms with Crippen LogP contribution in [0.4, 0.5) is 8.78 Å². The summed E-state index contributed by atoms with van der Waals surface area (Å²) >= 11 is 0. The first-order chi connectivity index (χ1) is 13.5. The molecule has 10 heteroatoms. The molecular formula is C18H12F2N4O2S2. The summed E-state index contributed by atoms with van der Waals surface area (Å²) in [4.78, 5) is 8.27. The summed E-state index contributed by atoms with van der Waals surface area (Å²) in [6.07, 6.45) is 2.93. The molecule has 0 amide bonds. The van der Waals surface area contributed by atoms with Gasteiger partial charge in [0, 0.05) is 11.1 Å². The maximum absolute atomic E-state index is 13.1. The van der Waals surface area contributed by atoms with E-state index in [0.29, 0.717) is 22.5 Å². The molecule has 0 aliphatic rings. The first-order valence-electron chi connectivity index (χ1n) is 7.93. The van der Waals surface area contributed by atoms with Crippen LogP contribution in [-0.4, -0.2) is 29.8 Å². The van der Waals surface area contributed by atoms with Crippen molar-refractivity contribution in [3.8, 4) is 22.5 Å². The van der Waals surface area contributed by atoms with Gasteiger partial charge in [0.25, 0.3) is 0 Å². The summed E-state index contributed by atoms with van der Waals surface area (Å²) in [6, 6.07) is 11.3. The Bertz CT molecular complexity index is 1020. The van der Waals surface area contributed by atoms with Gasteiger partial charge in [0.15, 0.2) is 0 Å². The van der Waals surface area contributed by atoms with E-state index in [-0.39, 0.29) is 21.9 Å². The van der Waals surface area contributed by atoms with E-state index < -0.39 is 0 Å². The molecular weight excluding hydrogens is 406 g/mol. The molecule has 2 heterocycles. The van der Waals surface area contributed by atoms with Gasteiger partial charge in [0.2, 0.25) is 10.3 Å². The van der Waals surface area contributed by atoms with Crippen molar-refractivity contribution in [3.05, 3.63) is 72.6 Å². The van der Waals surface area contributed by atoms with Crippen molar-refractivity contribution in [1.82, 2.24) is 19.4 Å². The Labute approximate surface area is 165 Å². The van der Waals surface area contributed by atoms with Gasteiger partial charge in [-0.1, -0.05) is 0 Å². The van der Waals surface area contributed by atoms with Crippen molar-refractivity contribution in [2.24, 2.45) is 0 Å². The van der Waals surface area contributed by atoms with Crippen LogP contribution in [0.3, 0.4) is 0 Å². The highest BCUT2D eigenvalue weighted by molar-refractivity contribution is 8.76. The molecule has 28 heavy (non-hydrogen) atoms. The Kier molecular flexibility index (Phi) is 4.97. The van der Waals surface area contributed by atoms with Crippen LogP contribution < -0.4 is 0 Å². The zero-order valence-electron chi connectivity index (χ0n) is 14.0. The van der Waals surface area contributed by atoms with Gasteiger partial charge in [0.1, 0.15) is 23.0 Å². The normalized spacial score (nSPS) is 11.1. The summed E-state index contributed by atoms with van der Waals surface area (Å²) in [5.41, 5.74) is 2.02. The van der Waals surface area contributed by atoms with Gasteiger partial charge >= 0.3 is 0 Å². The third-order valence-corrected chi connectivity index (χ3v) is 5.97. The second-order valence-electron chi connectivity index (χ2n) is 5.66. The molecule has 4 rings (SSSR count). The molecule has 0 saturated carbocycles. The summed E-state index contributed by atoms with van der Waals surface area (Å²) in [5.74, 6) is -0.741. The monoisotopic (exact) mass is 418 g/mol. The molecule has 0 bridgehead atoms. The standard InChI is InChI=1S/C18H12F2N4O2S2/c19-13-5-1-11(2-6-13)15-9-21-17(23(15)25)27-28-18-22-10-16(24(18)26)12-3-7-14(20)8-4-12/h1-10,25-26H. The number of aromatic nitrogens is 4. The molecule has 0 fully saturated rings. The Morgan fingerprint density at radius 2 is 1.00 bits per heavy atom. The highest BCUT2D eigenvalue weighted by Crippen LogP contribution is 2.38. The van der Waals surface area contributed by atoms with Crippen LogP contribution in [0.15, 0.2) is 71.2 Å². The fourth-order valence-corrected chi connectivity index (χ4v) is 4.29. The number of hydrogen-bond acceptors (Lipinski definition) is 6. The van der Waals surface area contributed by atoms with Crippen molar-refractivity contribution in [2.75, 3.05) is 0 Å². The first kappa shape index (κ1) is 18.4. The van der Waals surface area contributed by atoms with Crippen LogP contribution >= 0.6 is 21.6 Å². The predicted molar refractivity (Wildman–Crippen MR) is 101 cm³/mol. The van der Waals surface area contributed by atoms with Crippen LogP contribution in [0, 0.1) is 11.6 Å². The molecule has 6 nitrogen and oxygen atoms in total. The van der Waals surface area contributed by atoms with Gasteiger partial charge in [-0.2, -0.15) is 9.46 Å². The number of benzene rings is 2. The summed E-state index contributed by atoms with van der Waals surface area (Å²) in [6.45, 7) is 0. The topological polar surface area (TPSA) is 76.1 Å². The van der Waals surface area contributed by atoms with E-state index in [0.717, 1.165) is 31.0 Å². The van der Waals surface area contributed by atoms with E-state index in [2.05, 4.69) is 9.97 Å². The van der Waals surface area contributed by atoms with E-state index in [1.165, 1.54) is 60.9 Å². The maximum atomic E-state index is 13.1. The third-order valence-electron chi connectivity index (χ3n) is 3.88. The average Bonchev–Trinajstić information content (AvgIpc) is 3.24. The van der Waals surface area contributed by atoms with Crippen LogP contribution in [0.5, 0.6) is 0 Å². The highest BCUT2D eigenvalue weighted by Gasteiger charge is 2.16. The van der Waals surface area contributed by atoms with Gasteiger partial charge in [-0.25, -0.2) is 18.7 Å². The molecule has 2 aromatic carbocycles. The van der Waals surface area contributed by atoms with E-state index in [1.54, 1.807) is 0 Å². The van der Waals surface area contributed by atoms with Crippen LogP contribution in [0.2, 0.25) is 0 Å². The van der Waals surface area contributed by atoms with Crippen molar-refractivity contribution in [1.29, 1.82) is 0 Å². The Balaban J connectivity index is 1.51. The molecule has 0 aliphatic carbocycles. The summed E-state index contributed by atoms with van der Waals surface area (Å²) < 4.78 is 27.9. The minimum absolute atomic E-state index is 0.260. The minimum Gasteiger partial charge on any atom is -0.426 e. The van der Waals surface area contributed by atoms with Crippen molar-refractivity contribution >= 4 is 21.6 Å². The quantitative estimate of drug-likeness (QED) is 0.352. The third kappa shape index (κ3) is 3.56. The Morgan fingerprint density at radius 1 is 0.643 bits per heavy atom. The molecule has 4 aromatic rings. The summed E-state index contributed by atoms with van der Waals surface area (Å²) in [7, 11) is 2.17.